The van der Waals surface area contributed by atoms with Crippen LogP contribution < -0.4 is 5.56 Å². The summed E-state index contributed by atoms with van der Waals surface area (Å²) in [5.74, 6) is -0.988. The number of H-pyrrole nitrogens is 1. The van der Waals surface area contributed by atoms with E-state index in [0.717, 1.165) is 16.5 Å². The van der Waals surface area contributed by atoms with E-state index in [1.807, 2.05) is 25.1 Å². The number of hydrogen-bond donors (Lipinski definition) is 1. The molecule has 0 fully saturated rings. The van der Waals surface area contributed by atoms with Crippen LogP contribution in [-0.2, 0) is 6.54 Å². The van der Waals surface area contributed by atoms with E-state index in [1.165, 1.54) is 17.0 Å². The molecule has 3 aromatic rings. The number of aryl methyl sites for hydroxylation is 1. The van der Waals surface area contributed by atoms with Crippen LogP contribution in [0.5, 0.6) is 0 Å². The summed E-state index contributed by atoms with van der Waals surface area (Å²) in [6.45, 7) is 4.23. The van der Waals surface area contributed by atoms with Gasteiger partial charge in [-0.3, -0.25) is 9.59 Å². The molecule has 1 amide bonds. The fraction of sp³-hybridized carbons (Fsp3) is 0.200. The molecular weight excluding hydrogens is 319 g/mol. The number of carbonyl (C=O) groups is 1. The van der Waals surface area contributed by atoms with Crippen LogP contribution in [-0.4, -0.2) is 22.3 Å². The molecule has 0 spiro atoms. The van der Waals surface area contributed by atoms with Gasteiger partial charge in [-0.2, -0.15) is 0 Å². The minimum Gasteiger partial charge on any atom is -0.334 e. The van der Waals surface area contributed by atoms with Crippen molar-refractivity contribution in [3.05, 3.63) is 81.4 Å². The number of para-hydroxylation sites is 1. The molecule has 0 bridgehead atoms. The lowest BCUT2D eigenvalue weighted by molar-refractivity contribution is 0.0747. The second kappa shape index (κ2) is 6.89. The standard InChI is InChI=1S/C20H19FN2O2/c1-3-23(20(25)16-9-4-5-10-17(16)21)12-15-11-14-8-6-7-13(2)18(14)22-19(15)24/h4-11H,3,12H2,1-2H3,(H,22,24). The van der Waals surface area contributed by atoms with Crippen molar-refractivity contribution in [2.75, 3.05) is 6.54 Å². The monoisotopic (exact) mass is 338 g/mol. The third kappa shape index (κ3) is 3.31. The zero-order valence-corrected chi connectivity index (χ0v) is 14.2. The maximum atomic E-state index is 13.9. The van der Waals surface area contributed by atoms with Gasteiger partial charge in [-0.15, -0.1) is 0 Å². The summed E-state index contributed by atoms with van der Waals surface area (Å²) in [7, 11) is 0. The molecule has 128 valence electrons. The first kappa shape index (κ1) is 16.9. The first-order chi connectivity index (χ1) is 12.0. The van der Waals surface area contributed by atoms with Crippen molar-refractivity contribution in [2.24, 2.45) is 0 Å². The molecule has 0 atom stereocenters. The van der Waals surface area contributed by atoms with Crippen molar-refractivity contribution in [1.82, 2.24) is 9.88 Å². The van der Waals surface area contributed by atoms with Crippen molar-refractivity contribution >= 4 is 16.8 Å². The predicted molar refractivity (Wildman–Crippen MR) is 96.1 cm³/mol. The predicted octanol–water partition coefficient (Wildman–Crippen LogP) is 3.64. The van der Waals surface area contributed by atoms with E-state index < -0.39 is 11.7 Å². The van der Waals surface area contributed by atoms with E-state index in [9.17, 15) is 14.0 Å². The number of fused-ring (bicyclic) bond motifs is 1. The zero-order chi connectivity index (χ0) is 18.0. The van der Waals surface area contributed by atoms with E-state index in [4.69, 9.17) is 0 Å². The van der Waals surface area contributed by atoms with E-state index in [1.54, 1.807) is 25.1 Å². The lowest BCUT2D eigenvalue weighted by Crippen LogP contribution is -2.33. The summed E-state index contributed by atoms with van der Waals surface area (Å²) in [5, 5.41) is 0.906. The molecule has 0 saturated heterocycles. The highest BCUT2D eigenvalue weighted by molar-refractivity contribution is 5.94. The Hall–Kier alpha value is -2.95. The molecule has 1 heterocycles. The molecular formula is C20H19FN2O2. The average molecular weight is 338 g/mol. The lowest BCUT2D eigenvalue weighted by atomic mass is 10.1. The van der Waals surface area contributed by atoms with E-state index in [2.05, 4.69) is 4.98 Å². The first-order valence-electron chi connectivity index (χ1n) is 8.16. The van der Waals surface area contributed by atoms with Crippen molar-refractivity contribution in [3.8, 4) is 0 Å². The second-order valence-corrected chi connectivity index (χ2v) is 5.96. The molecule has 0 aliphatic rings. The van der Waals surface area contributed by atoms with Gasteiger partial charge in [-0.05, 0) is 43.0 Å². The normalized spacial score (nSPS) is 10.8. The SMILES string of the molecule is CCN(Cc1cc2cccc(C)c2[nH]c1=O)C(=O)c1ccccc1F. The number of aromatic amines is 1. The largest absolute Gasteiger partial charge is 0.334 e. The zero-order valence-electron chi connectivity index (χ0n) is 14.2. The highest BCUT2D eigenvalue weighted by Crippen LogP contribution is 2.17. The molecule has 25 heavy (non-hydrogen) atoms. The summed E-state index contributed by atoms with van der Waals surface area (Å²) >= 11 is 0. The average Bonchev–Trinajstić information content (AvgIpc) is 2.60. The van der Waals surface area contributed by atoms with Crippen LogP contribution in [0.25, 0.3) is 10.9 Å². The molecule has 0 unspecified atom stereocenters. The van der Waals surface area contributed by atoms with Crippen LogP contribution in [0.4, 0.5) is 4.39 Å². The topological polar surface area (TPSA) is 53.2 Å². The molecule has 5 heteroatoms. The molecule has 0 aliphatic carbocycles. The summed E-state index contributed by atoms with van der Waals surface area (Å²) in [6.07, 6.45) is 0. The fourth-order valence-electron chi connectivity index (χ4n) is 2.88. The second-order valence-electron chi connectivity index (χ2n) is 5.96. The Bertz CT molecular complexity index is 994. The highest BCUT2D eigenvalue weighted by Gasteiger charge is 2.19. The van der Waals surface area contributed by atoms with Gasteiger partial charge in [-0.25, -0.2) is 4.39 Å². The third-order valence-electron chi connectivity index (χ3n) is 4.30. The Morgan fingerprint density at radius 1 is 1.16 bits per heavy atom. The molecule has 4 nitrogen and oxygen atoms in total. The van der Waals surface area contributed by atoms with Crippen molar-refractivity contribution in [3.63, 3.8) is 0 Å². The van der Waals surface area contributed by atoms with Gasteiger partial charge in [0.1, 0.15) is 5.82 Å². The van der Waals surface area contributed by atoms with Crippen molar-refractivity contribution in [1.29, 1.82) is 0 Å². The number of nitrogens with one attached hydrogen (secondary N) is 1. The number of nitrogens with zero attached hydrogens (tertiary/aromatic N) is 1. The minimum absolute atomic E-state index is 0.0115. The fourth-order valence-corrected chi connectivity index (χ4v) is 2.88. The van der Waals surface area contributed by atoms with Crippen LogP contribution >= 0.6 is 0 Å². The number of carbonyl (C=O) groups excluding carboxylic acids is 1. The summed E-state index contributed by atoms with van der Waals surface area (Å²) in [4.78, 5) is 29.3. The van der Waals surface area contributed by atoms with Crippen LogP contribution in [0.1, 0.15) is 28.4 Å². The van der Waals surface area contributed by atoms with Crippen LogP contribution in [0.15, 0.2) is 53.3 Å². The Morgan fingerprint density at radius 3 is 2.64 bits per heavy atom. The number of rotatable bonds is 4. The van der Waals surface area contributed by atoms with Gasteiger partial charge in [0.05, 0.1) is 17.6 Å². The number of benzene rings is 2. The van der Waals surface area contributed by atoms with E-state index in [-0.39, 0.29) is 17.7 Å². The molecule has 1 aromatic heterocycles. The van der Waals surface area contributed by atoms with Crippen LogP contribution in [0.2, 0.25) is 0 Å². The number of hydrogen-bond acceptors (Lipinski definition) is 2. The molecule has 0 aliphatic heterocycles. The number of amides is 1. The molecule has 2 aromatic carbocycles. The van der Waals surface area contributed by atoms with Gasteiger partial charge in [0.25, 0.3) is 11.5 Å². The number of aromatic nitrogens is 1. The Kier molecular flexibility index (Phi) is 4.65. The van der Waals surface area contributed by atoms with E-state index in [0.29, 0.717) is 12.1 Å². The highest BCUT2D eigenvalue weighted by atomic mass is 19.1. The van der Waals surface area contributed by atoms with Gasteiger partial charge in [-0.1, -0.05) is 30.3 Å². The van der Waals surface area contributed by atoms with Gasteiger partial charge in [0.15, 0.2) is 0 Å². The number of halogens is 1. The van der Waals surface area contributed by atoms with Gasteiger partial charge in [0, 0.05) is 12.1 Å². The third-order valence-corrected chi connectivity index (χ3v) is 4.30. The smallest absolute Gasteiger partial charge is 0.257 e. The summed E-state index contributed by atoms with van der Waals surface area (Å²) in [6, 6.07) is 13.4. The Balaban J connectivity index is 1.96. The van der Waals surface area contributed by atoms with Gasteiger partial charge in [0.2, 0.25) is 0 Å². The summed E-state index contributed by atoms with van der Waals surface area (Å²) in [5.41, 5.74) is 2.03. The molecule has 3 rings (SSSR count). The maximum absolute atomic E-state index is 13.9. The molecule has 0 radical (unpaired) electrons. The maximum Gasteiger partial charge on any atom is 0.257 e. The van der Waals surface area contributed by atoms with Crippen LogP contribution in [0.3, 0.4) is 0 Å². The Morgan fingerprint density at radius 2 is 1.92 bits per heavy atom. The molecule has 0 saturated carbocycles. The summed E-state index contributed by atoms with van der Waals surface area (Å²) < 4.78 is 13.9. The van der Waals surface area contributed by atoms with Crippen molar-refractivity contribution < 1.29 is 9.18 Å². The van der Waals surface area contributed by atoms with Crippen molar-refractivity contribution in [2.45, 2.75) is 20.4 Å². The van der Waals surface area contributed by atoms with Crippen LogP contribution in [0, 0.1) is 12.7 Å². The van der Waals surface area contributed by atoms with Gasteiger partial charge >= 0.3 is 0 Å². The first-order valence-corrected chi connectivity index (χ1v) is 8.16. The lowest BCUT2D eigenvalue weighted by Gasteiger charge is -2.21. The minimum atomic E-state index is -0.561. The van der Waals surface area contributed by atoms with Gasteiger partial charge < -0.3 is 9.88 Å². The Labute approximate surface area is 144 Å². The molecule has 1 N–H and O–H groups in total. The quantitative estimate of drug-likeness (QED) is 0.790. The number of pyridine rings is 1. The van der Waals surface area contributed by atoms with E-state index >= 15 is 0 Å².